The maximum atomic E-state index is 13.5. The van der Waals surface area contributed by atoms with Gasteiger partial charge in [0.25, 0.3) is 0 Å². The molecule has 0 spiro atoms. The quantitative estimate of drug-likeness (QED) is 0.151. The molecule has 3 heterocycles. The van der Waals surface area contributed by atoms with Crippen LogP contribution in [0.25, 0.3) is 5.52 Å². The number of nitrogen functional groups attached to an aromatic ring is 1. The molecule has 234 valence electrons. The zero-order valence-electron chi connectivity index (χ0n) is 24.5. The first-order valence-electron chi connectivity index (χ1n) is 13.0. The number of anilines is 1. The zero-order valence-corrected chi connectivity index (χ0v) is 25.4. The summed E-state index contributed by atoms with van der Waals surface area (Å²) in [5.41, 5.74) is 4.32. The molecule has 2 aromatic heterocycles. The van der Waals surface area contributed by atoms with E-state index in [2.05, 4.69) is 10.1 Å². The molecule has 17 heteroatoms. The van der Waals surface area contributed by atoms with Gasteiger partial charge in [-0.15, -0.1) is 0 Å². The second kappa shape index (κ2) is 13.0. The Morgan fingerprint density at radius 3 is 2.40 bits per heavy atom. The molecule has 3 N–H and O–H groups in total. The van der Waals surface area contributed by atoms with Crippen molar-refractivity contribution in [3.8, 4) is 0 Å². The molecule has 0 saturated carbocycles. The highest BCUT2D eigenvalue weighted by atomic mass is 31.2. The van der Waals surface area contributed by atoms with Crippen LogP contribution in [0, 0.1) is 11.3 Å². The number of nitrogens with two attached hydrogens (primary N) is 1. The topological polar surface area (TPSA) is 209 Å². The number of ether oxygens (including phenoxy) is 4. The Bertz CT molecular complexity index is 1340. The summed E-state index contributed by atoms with van der Waals surface area (Å²) in [6, 6.07) is 3.24. The molecule has 2 aromatic rings. The fraction of sp³-hybridized carbons (Fsp3) is 0.640. The summed E-state index contributed by atoms with van der Waals surface area (Å²) < 4.78 is 52.0. The van der Waals surface area contributed by atoms with Gasteiger partial charge in [-0.05, 0) is 39.8 Å². The van der Waals surface area contributed by atoms with Crippen LogP contribution in [0.15, 0.2) is 18.5 Å². The van der Waals surface area contributed by atoms with E-state index < -0.39 is 81.2 Å². The van der Waals surface area contributed by atoms with Crippen molar-refractivity contribution in [2.24, 2.45) is 11.3 Å². The molecule has 0 aromatic carbocycles. The summed E-state index contributed by atoms with van der Waals surface area (Å²) in [6.07, 6.45) is -2.74. The Hall–Kier alpha value is -3.14. The van der Waals surface area contributed by atoms with E-state index in [1.807, 2.05) is 0 Å². The first-order valence-corrected chi connectivity index (χ1v) is 14.4. The van der Waals surface area contributed by atoms with E-state index >= 15 is 0 Å². The molecule has 1 fully saturated rings. The van der Waals surface area contributed by atoms with Crippen LogP contribution >= 0.6 is 7.82 Å². The molecule has 5 atom stereocenters. The normalized spacial score (nSPS) is 24.0. The van der Waals surface area contributed by atoms with E-state index in [4.69, 9.17) is 38.3 Å². The minimum absolute atomic E-state index is 0.185. The number of rotatable bonds is 12. The van der Waals surface area contributed by atoms with Gasteiger partial charge in [0.05, 0.1) is 23.6 Å². The second-order valence-electron chi connectivity index (χ2n) is 11.0. The van der Waals surface area contributed by atoms with Crippen LogP contribution in [0.2, 0.25) is 0 Å². The highest BCUT2D eigenvalue weighted by Crippen LogP contribution is 2.51. The molecule has 1 aliphatic heterocycles. The summed E-state index contributed by atoms with van der Waals surface area (Å²) >= 11 is 0. The monoisotopic (exact) mass is 616 g/mol. The zero-order chi connectivity index (χ0) is 31.5. The van der Waals surface area contributed by atoms with Gasteiger partial charge in [-0.1, -0.05) is 13.8 Å². The lowest BCUT2D eigenvalue weighted by molar-refractivity contribution is -0.162. The Balaban J connectivity index is 1.82. The highest BCUT2D eigenvalue weighted by molar-refractivity contribution is 7.48. The third-order valence-electron chi connectivity index (χ3n) is 6.22. The molecular formula is C25H37N4O12P. The van der Waals surface area contributed by atoms with Gasteiger partial charge in [0, 0.05) is 6.92 Å². The van der Waals surface area contributed by atoms with E-state index in [1.54, 1.807) is 46.8 Å². The number of nitrogens with zero attached hydrogens (tertiary/aromatic N) is 3. The fourth-order valence-corrected chi connectivity index (χ4v) is 4.84. The van der Waals surface area contributed by atoms with Crippen molar-refractivity contribution in [1.29, 1.82) is 0 Å². The third kappa shape index (κ3) is 7.62. The van der Waals surface area contributed by atoms with Crippen molar-refractivity contribution < 1.29 is 56.6 Å². The van der Waals surface area contributed by atoms with E-state index in [1.165, 1.54) is 17.8 Å². The number of hydrogen-bond acceptors (Lipinski definition) is 15. The van der Waals surface area contributed by atoms with Crippen molar-refractivity contribution in [3.05, 3.63) is 24.2 Å². The van der Waals surface area contributed by atoms with Gasteiger partial charge in [0.15, 0.2) is 11.9 Å². The van der Waals surface area contributed by atoms with Gasteiger partial charge in [0.2, 0.25) is 13.6 Å². The smallest absolute Gasteiger partial charge is 0.457 e. The van der Waals surface area contributed by atoms with Gasteiger partial charge < -0.3 is 29.8 Å². The molecule has 3 rings (SSSR count). The van der Waals surface area contributed by atoms with E-state index in [9.17, 15) is 24.1 Å². The van der Waals surface area contributed by atoms with Gasteiger partial charge in [-0.2, -0.15) is 5.10 Å². The average molecular weight is 617 g/mol. The molecule has 0 aliphatic carbocycles. The molecule has 0 amide bonds. The van der Waals surface area contributed by atoms with Gasteiger partial charge >= 0.3 is 25.7 Å². The molecule has 1 aliphatic rings. The molecule has 1 unspecified atom stereocenters. The van der Waals surface area contributed by atoms with Crippen molar-refractivity contribution in [2.75, 3.05) is 25.9 Å². The Morgan fingerprint density at radius 1 is 1.17 bits per heavy atom. The predicted octanol–water partition coefficient (Wildman–Crippen LogP) is 2.08. The summed E-state index contributed by atoms with van der Waals surface area (Å²) in [5, 5.41) is 15.5. The van der Waals surface area contributed by atoms with E-state index in [0.29, 0.717) is 11.2 Å². The minimum atomic E-state index is -4.59. The molecule has 1 saturated heterocycles. The molecular weight excluding hydrogens is 579 g/mol. The number of carbonyl (C=O) groups excluding carboxylic acids is 3. The number of aliphatic hydroxyl groups is 1. The predicted molar refractivity (Wildman–Crippen MR) is 143 cm³/mol. The summed E-state index contributed by atoms with van der Waals surface area (Å²) in [7, 11) is -4.59. The number of aromatic nitrogens is 3. The molecule has 42 heavy (non-hydrogen) atoms. The van der Waals surface area contributed by atoms with Crippen molar-refractivity contribution >= 4 is 37.1 Å². The standard InChI is InChI=1S/C25H37N4O12P/c1-14(2)22(32)35-12-38-42(34,39-13-36-23(33)24(4,5)6)37-10-17-19(40-15(3)30)20(31)25(7,41-17)18-9-8-16-21(26)27-11-28-29(16)18/h8-9,11,14,17,19-20,31H,10,12-13H2,1-7H3,(H2,26,27,28)/t17-,19-,20-,25+,42?/m1/s1. The fourth-order valence-electron chi connectivity index (χ4n) is 3.92. The summed E-state index contributed by atoms with van der Waals surface area (Å²) in [6.45, 7) is 8.45. The van der Waals surface area contributed by atoms with Crippen LogP contribution in [0.4, 0.5) is 5.82 Å². The van der Waals surface area contributed by atoms with Crippen molar-refractivity contribution in [1.82, 2.24) is 14.6 Å². The van der Waals surface area contributed by atoms with Crippen molar-refractivity contribution in [3.63, 3.8) is 0 Å². The maximum Gasteiger partial charge on any atom is 0.480 e. The lowest BCUT2D eigenvalue weighted by Gasteiger charge is -2.27. The first-order chi connectivity index (χ1) is 19.5. The Morgan fingerprint density at radius 2 is 1.81 bits per heavy atom. The summed E-state index contributed by atoms with van der Waals surface area (Å²) in [4.78, 5) is 39.8. The average Bonchev–Trinajstić information content (AvgIpc) is 3.43. The van der Waals surface area contributed by atoms with Crippen molar-refractivity contribution in [2.45, 2.75) is 72.4 Å². The third-order valence-corrected chi connectivity index (χ3v) is 7.53. The number of phosphoric acid groups is 1. The van der Waals surface area contributed by atoms with Gasteiger partial charge in [0.1, 0.15) is 29.7 Å². The van der Waals surface area contributed by atoms with Crippen LogP contribution < -0.4 is 5.73 Å². The van der Waals surface area contributed by atoms with Crippen LogP contribution in [0.1, 0.15) is 54.2 Å². The van der Waals surface area contributed by atoms with Gasteiger partial charge in [-0.3, -0.25) is 18.9 Å². The number of esters is 3. The van der Waals surface area contributed by atoms with Crippen LogP contribution in [-0.4, -0.2) is 76.1 Å². The number of fused-ring (bicyclic) bond motifs is 1. The van der Waals surface area contributed by atoms with Crippen LogP contribution in [0.5, 0.6) is 0 Å². The summed E-state index contributed by atoms with van der Waals surface area (Å²) in [5.74, 6) is -2.34. The number of aliphatic hydroxyl groups excluding tert-OH is 1. The molecule has 0 radical (unpaired) electrons. The van der Waals surface area contributed by atoms with E-state index in [-0.39, 0.29) is 5.82 Å². The molecule has 0 bridgehead atoms. The SMILES string of the molecule is CC(=O)O[C@H]1[C@@H](O)[C@](C)(c2ccc3c(N)ncnn23)O[C@@H]1COP(=O)(OCOC(=O)C(C)C)OCOC(=O)C(C)(C)C. The highest BCUT2D eigenvalue weighted by Gasteiger charge is 2.56. The number of carbonyl (C=O) groups is 3. The molecule has 16 nitrogen and oxygen atoms in total. The van der Waals surface area contributed by atoms with E-state index in [0.717, 1.165) is 6.92 Å². The van der Waals surface area contributed by atoms with Gasteiger partial charge in [-0.25, -0.2) is 23.1 Å². The minimum Gasteiger partial charge on any atom is -0.457 e. The number of hydrogen-bond donors (Lipinski definition) is 2. The second-order valence-corrected chi connectivity index (χ2v) is 12.6. The first kappa shape index (κ1) is 33.4. The Labute approximate surface area is 242 Å². The number of phosphoric ester groups is 1. The largest absolute Gasteiger partial charge is 0.480 e. The van der Waals surface area contributed by atoms with Crippen LogP contribution in [0.3, 0.4) is 0 Å². The maximum absolute atomic E-state index is 13.5. The Kier molecular flexibility index (Phi) is 10.3. The van der Waals surface area contributed by atoms with Crippen LogP contribution in [-0.2, 0) is 57.1 Å². The lowest BCUT2D eigenvalue weighted by Crippen LogP contribution is -2.42. The lowest BCUT2D eigenvalue weighted by atomic mass is 9.93.